The van der Waals surface area contributed by atoms with Crippen molar-refractivity contribution in [1.29, 1.82) is 0 Å². The predicted molar refractivity (Wildman–Crippen MR) is 122 cm³/mol. The van der Waals surface area contributed by atoms with Crippen molar-refractivity contribution in [3.8, 4) is 11.5 Å². The molecule has 1 aromatic carbocycles. The van der Waals surface area contributed by atoms with Crippen LogP contribution in [0.3, 0.4) is 0 Å². The highest BCUT2D eigenvalue weighted by molar-refractivity contribution is 6.00. The number of aryl methyl sites for hydroxylation is 1. The van der Waals surface area contributed by atoms with E-state index in [0.29, 0.717) is 48.5 Å². The number of nitrogens with one attached hydrogen (secondary N) is 2. The molecular weight excluding hydrogens is 412 g/mol. The number of nitrogens with zero attached hydrogens (tertiary/aromatic N) is 2. The van der Waals surface area contributed by atoms with Crippen LogP contribution in [0.25, 0.3) is 10.9 Å². The fourth-order valence-electron chi connectivity index (χ4n) is 3.67. The minimum Gasteiger partial charge on any atom is -0.454 e. The summed E-state index contributed by atoms with van der Waals surface area (Å²) in [6.07, 6.45) is 2.01. The number of aromatic nitrogens is 1. The first-order valence-corrected chi connectivity index (χ1v) is 10.9. The standard InChI is InChI=1S/C23H32N4O5/c1-6-27-12-16(21(28)15-10-19-20(11-18(15)27)32-13-31-19)22(29)25-17(9-14(2)3)23(30)24-7-8-26(4)5/h10-12,14,17H,6-9,13H2,1-5H3,(H,24,30)(H,25,29)/t17-/m1/s1. The van der Waals surface area contributed by atoms with Crippen LogP contribution in [0.4, 0.5) is 0 Å². The molecule has 0 spiro atoms. The molecule has 32 heavy (non-hydrogen) atoms. The van der Waals surface area contributed by atoms with Crippen LogP contribution in [0.5, 0.6) is 11.5 Å². The maximum absolute atomic E-state index is 13.2. The van der Waals surface area contributed by atoms with Crippen LogP contribution in [-0.4, -0.2) is 61.3 Å². The Morgan fingerprint density at radius 3 is 2.50 bits per heavy atom. The normalized spacial score (nSPS) is 13.6. The van der Waals surface area contributed by atoms with Crippen molar-refractivity contribution >= 4 is 22.7 Å². The molecule has 3 rings (SSSR count). The third kappa shape index (κ3) is 5.21. The van der Waals surface area contributed by atoms with E-state index in [1.807, 2.05) is 44.3 Å². The lowest BCUT2D eigenvalue weighted by atomic mass is 10.0. The minimum absolute atomic E-state index is 0.00642. The van der Waals surface area contributed by atoms with E-state index >= 15 is 0 Å². The molecule has 174 valence electrons. The summed E-state index contributed by atoms with van der Waals surface area (Å²) in [5.41, 5.74) is 0.253. The molecule has 0 radical (unpaired) electrons. The Bertz CT molecular complexity index is 1060. The first-order valence-electron chi connectivity index (χ1n) is 10.9. The molecule has 0 aliphatic carbocycles. The molecule has 2 aromatic rings. The Labute approximate surface area is 187 Å². The van der Waals surface area contributed by atoms with Crippen molar-refractivity contribution in [1.82, 2.24) is 20.1 Å². The van der Waals surface area contributed by atoms with Gasteiger partial charge in [0.15, 0.2) is 11.5 Å². The zero-order valence-corrected chi connectivity index (χ0v) is 19.4. The molecule has 9 heteroatoms. The van der Waals surface area contributed by atoms with Crippen molar-refractivity contribution in [2.24, 2.45) is 5.92 Å². The molecule has 1 atom stereocenters. The topological polar surface area (TPSA) is 102 Å². The summed E-state index contributed by atoms with van der Waals surface area (Å²) >= 11 is 0. The van der Waals surface area contributed by atoms with Gasteiger partial charge in [-0.05, 0) is 39.4 Å². The molecule has 0 saturated carbocycles. The molecule has 9 nitrogen and oxygen atoms in total. The largest absolute Gasteiger partial charge is 0.454 e. The molecule has 0 unspecified atom stereocenters. The second-order valence-corrected chi connectivity index (χ2v) is 8.63. The van der Waals surface area contributed by atoms with E-state index in [-0.39, 0.29) is 24.2 Å². The highest BCUT2D eigenvalue weighted by Crippen LogP contribution is 2.35. The number of hydrogen-bond acceptors (Lipinski definition) is 6. The zero-order chi connectivity index (χ0) is 23.4. The van der Waals surface area contributed by atoms with Gasteiger partial charge in [0.2, 0.25) is 18.1 Å². The molecule has 2 N–H and O–H groups in total. The molecule has 0 fully saturated rings. The highest BCUT2D eigenvalue weighted by Gasteiger charge is 2.25. The van der Waals surface area contributed by atoms with E-state index in [0.717, 1.165) is 0 Å². The summed E-state index contributed by atoms with van der Waals surface area (Å²) in [6, 6.07) is 2.64. The molecule has 1 aliphatic heterocycles. The van der Waals surface area contributed by atoms with E-state index in [4.69, 9.17) is 9.47 Å². The number of likely N-dealkylation sites (N-methyl/N-ethyl adjacent to an activating group) is 1. The number of hydrogen-bond donors (Lipinski definition) is 2. The number of fused-ring (bicyclic) bond motifs is 2. The second-order valence-electron chi connectivity index (χ2n) is 8.63. The van der Waals surface area contributed by atoms with Gasteiger partial charge in [0.05, 0.1) is 10.9 Å². The summed E-state index contributed by atoms with van der Waals surface area (Å²) in [7, 11) is 3.84. The average molecular weight is 445 g/mol. The van der Waals surface area contributed by atoms with Gasteiger partial charge in [0, 0.05) is 31.9 Å². The van der Waals surface area contributed by atoms with E-state index < -0.39 is 17.4 Å². The first kappa shape index (κ1) is 23.6. The Morgan fingerprint density at radius 2 is 1.88 bits per heavy atom. The van der Waals surface area contributed by atoms with Crippen LogP contribution in [0.1, 0.15) is 37.6 Å². The third-order valence-electron chi connectivity index (χ3n) is 5.35. The Kier molecular flexibility index (Phi) is 7.40. The monoisotopic (exact) mass is 444 g/mol. The number of carbonyl (C=O) groups is 2. The molecule has 2 heterocycles. The highest BCUT2D eigenvalue weighted by atomic mass is 16.7. The fourth-order valence-corrected chi connectivity index (χ4v) is 3.67. The lowest BCUT2D eigenvalue weighted by Gasteiger charge is -2.21. The number of amides is 2. The fraction of sp³-hybridized carbons (Fsp3) is 0.522. The van der Waals surface area contributed by atoms with Crippen LogP contribution >= 0.6 is 0 Å². The summed E-state index contributed by atoms with van der Waals surface area (Å²) in [5.74, 6) is 0.415. The third-order valence-corrected chi connectivity index (χ3v) is 5.35. The number of pyridine rings is 1. The van der Waals surface area contributed by atoms with Crippen molar-refractivity contribution in [3.05, 3.63) is 34.1 Å². The molecular formula is C23H32N4O5. The van der Waals surface area contributed by atoms with Crippen molar-refractivity contribution in [3.63, 3.8) is 0 Å². The van der Waals surface area contributed by atoms with Crippen LogP contribution in [0.15, 0.2) is 23.1 Å². The van der Waals surface area contributed by atoms with Crippen LogP contribution in [-0.2, 0) is 11.3 Å². The summed E-state index contributed by atoms with van der Waals surface area (Å²) < 4.78 is 12.6. The molecule has 0 bridgehead atoms. The maximum Gasteiger partial charge on any atom is 0.257 e. The number of benzene rings is 1. The number of carbonyl (C=O) groups excluding carboxylic acids is 2. The Balaban J connectivity index is 1.90. The Hall–Kier alpha value is -3.07. The summed E-state index contributed by atoms with van der Waals surface area (Å²) in [4.78, 5) is 41.0. The Morgan fingerprint density at radius 1 is 1.19 bits per heavy atom. The van der Waals surface area contributed by atoms with Crippen LogP contribution < -0.4 is 25.5 Å². The summed E-state index contributed by atoms with van der Waals surface area (Å²) in [5, 5.41) is 6.01. The van der Waals surface area contributed by atoms with E-state index in [2.05, 4.69) is 10.6 Å². The molecule has 2 amide bonds. The van der Waals surface area contributed by atoms with Crippen LogP contribution in [0, 0.1) is 5.92 Å². The predicted octanol–water partition coefficient (Wildman–Crippen LogP) is 1.57. The lowest BCUT2D eigenvalue weighted by Crippen LogP contribution is -2.49. The van der Waals surface area contributed by atoms with Gasteiger partial charge in [0.1, 0.15) is 11.6 Å². The molecule has 1 aliphatic rings. The smallest absolute Gasteiger partial charge is 0.257 e. The van der Waals surface area contributed by atoms with E-state index in [1.165, 1.54) is 0 Å². The van der Waals surface area contributed by atoms with E-state index in [1.54, 1.807) is 18.3 Å². The second kappa shape index (κ2) is 10.0. The van der Waals surface area contributed by atoms with Crippen LogP contribution in [0.2, 0.25) is 0 Å². The van der Waals surface area contributed by atoms with Crippen molar-refractivity contribution in [2.45, 2.75) is 39.8 Å². The van der Waals surface area contributed by atoms with Gasteiger partial charge in [-0.2, -0.15) is 0 Å². The molecule has 0 saturated heterocycles. The minimum atomic E-state index is -0.730. The van der Waals surface area contributed by atoms with Gasteiger partial charge < -0.3 is 29.6 Å². The van der Waals surface area contributed by atoms with Crippen molar-refractivity contribution < 1.29 is 19.1 Å². The van der Waals surface area contributed by atoms with Gasteiger partial charge >= 0.3 is 0 Å². The van der Waals surface area contributed by atoms with Gasteiger partial charge in [-0.15, -0.1) is 0 Å². The zero-order valence-electron chi connectivity index (χ0n) is 19.4. The molecule has 1 aromatic heterocycles. The van der Waals surface area contributed by atoms with Crippen molar-refractivity contribution in [2.75, 3.05) is 34.0 Å². The number of ether oxygens (including phenoxy) is 2. The van der Waals surface area contributed by atoms with Gasteiger partial charge in [-0.3, -0.25) is 14.4 Å². The van der Waals surface area contributed by atoms with Gasteiger partial charge in [-0.1, -0.05) is 13.8 Å². The van der Waals surface area contributed by atoms with E-state index in [9.17, 15) is 14.4 Å². The average Bonchev–Trinajstić information content (AvgIpc) is 3.19. The lowest BCUT2D eigenvalue weighted by molar-refractivity contribution is -0.123. The quantitative estimate of drug-likeness (QED) is 0.609. The maximum atomic E-state index is 13.2. The van der Waals surface area contributed by atoms with Gasteiger partial charge in [-0.25, -0.2) is 0 Å². The van der Waals surface area contributed by atoms with Gasteiger partial charge in [0.25, 0.3) is 5.91 Å². The summed E-state index contributed by atoms with van der Waals surface area (Å²) in [6.45, 7) is 7.70. The SMILES string of the molecule is CCn1cc(C(=O)N[C@H](CC(C)C)C(=O)NCCN(C)C)c(=O)c2cc3c(cc21)OCO3. The first-order chi connectivity index (χ1) is 15.2. The number of rotatable bonds is 9.